The third-order valence-corrected chi connectivity index (χ3v) is 4.09. The van der Waals surface area contributed by atoms with E-state index >= 15 is 0 Å². The van der Waals surface area contributed by atoms with Gasteiger partial charge in [0.05, 0.1) is 0 Å². The fraction of sp³-hybridized carbons (Fsp3) is 0.333. The molecule has 1 atom stereocenters. The average molecular weight is 251 g/mol. The maximum atomic E-state index is 3.55. The number of fused-ring (bicyclic) bond motifs is 1. The zero-order valence-electron chi connectivity index (χ0n) is 11.7. The molecule has 1 unspecified atom stereocenters. The molecule has 98 valence electrons. The fourth-order valence-corrected chi connectivity index (χ4v) is 2.77. The highest BCUT2D eigenvalue weighted by atomic mass is 14.9. The molecular formula is C18H21N. The highest BCUT2D eigenvalue weighted by Crippen LogP contribution is 2.34. The highest BCUT2D eigenvalue weighted by molar-refractivity contribution is 5.47. The number of hydrogen-bond donors (Lipinski definition) is 1. The van der Waals surface area contributed by atoms with Crippen LogP contribution in [0.25, 0.3) is 0 Å². The number of benzene rings is 2. The van der Waals surface area contributed by atoms with Crippen LogP contribution in [0.1, 0.15) is 42.4 Å². The van der Waals surface area contributed by atoms with Crippen molar-refractivity contribution in [2.45, 2.75) is 32.1 Å². The van der Waals surface area contributed by atoms with Crippen LogP contribution in [-0.4, -0.2) is 6.54 Å². The third-order valence-electron chi connectivity index (χ3n) is 4.09. The van der Waals surface area contributed by atoms with Crippen LogP contribution in [0, 0.1) is 0 Å². The van der Waals surface area contributed by atoms with E-state index in [1.807, 2.05) is 0 Å². The lowest BCUT2D eigenvalue weighted by Crippen LogP contribution is -2.24. The summed E-state index contributed by atoms with van der Waals surface area (Å²) in [4.78, 5) is 0. The Balaban J connectivity index is 1.59. The molecule has 0 saturated heterocycles. The van der Waals surface area contributed by atoms with Crippen LogP contribution >= 0.6 is 0 Å². The molecule has 0 radical (unpaired) electrons. The van der Waals surface area contributed by atoms with E-state index in [0.717, 1.165) is 6.54 Å². The summed E-state index contributed by atoms with van der Waals surface area (Å²) in [7, 11) is 0. The molecule has 0 heterocycles. The van der Waals surface area contributed by atoms with Crippen molar-refractivity contribution in [2.75, 3.05) is 11.9 Å². The Labute approximate surface area is 115 Å². The second kappa shape index (κ2) is 5.08. The van der Waals surface area contributed by atoms with Gasteiger partial charge in [-0.05, 0) is 41.2 Å². The van der Waals surface area contributed by atoms with E-state index in [4.69, 9.17) is 0 Å². The van der Waals surface area contributed by atoms with Crippen LogP contribution in [0.2, 0.25) is 0 Å². The van der Waals surface area contributed by atoms with E-state index in [-0.39, 0.29) is 0 Å². The summed E-state index contributed by atoms with van der Waals surface area (Å²) in [5, 5.41) is 3.55. The van der Waals surface area contributed by atoms with Crippen molar-refractivity contribution in [1.29, 1.82) is 0 Å². The minimum Gasteiger partial charge on any atom is -0.384 e. The van der Waals surface area contributed by atoms with E-state index in [2.05, 4.69) is 67.7 Å². The third kappa shape index (κ3) is 2.51. The van der Waals surface area contributed by atoms with Crippen LogP contribution in [0.3, 0.4) is 0 Å². The molecule has 1 nitrogen and oxygen atoms in total. The lowest BCUT2D eigenvalue weighted by Gasteiger charge is -2.30. The quantitative estimate of drug-likeness (QED) is 0.839. The van der Waals surface area contributed by atoms with Crippen molar-refractivity contribution >= 4 is 5.69 Å². The van der Waals surface area contributed by atoms with Gasteiger partial charge < -0.3 is 5.32 Å². The Morgan fingerprint density at radius 3 is 2.47 bits per heavy atom. The Morgan fingerprint density at radius 2 is 1.79 bits per heavy atom. The molecule has 3 rings (SSSR count). The summed E-state index contributed by atoms with van der Waals surface area (Å²) in [5.41, 5.74) is 5.67. The van der Waals surface area contributed by atoms with E-state index < -0.39 is 0 Å². The van der Waals surface area contributed by atoms with Crippen molar-refractivity contribution < 1.29 is 0 Å². The van der Waals surface area contributed by atoms with Gasteiger partial charge in [0, 0.05) is 18.2 Å². The fourth-order valence-electron chi connectivity index (χ4n) is 2.77. The zero-order valence-corrected chi connectivity index (χ0v) is 11.7. The number of nitrogens with one attached hydrogen (secondary N) is 1. The van der Waals surface area contributed by atoms with Crippen LogP contribution in [0.4, 0.5) is 5.69 Å². The van der Waals surface area contributed by atoms with Gasteiger partial charge in [-0.15, -0.1) is 0 Å². The van der Waals surface area contributed by atoms with E-state index in [1.54, 1.807) is 0 Å². The van der Waals surface area contributed by atoms with Gasteiger partial charge in [0.2, 0.25) is 0 Å². The molecule has 19 heavy (non-hydrogen) atoms. The van der Waals surface area contributed by atoms with Crippen molar-refractivity contribution in [1.82, 2.24) is 0 Å². The monoisotopic (exact) mass is 251 g/mol. The van der Waals surface area contributed by atoms with Gasteiger partial charge >= 0.3 is 0 Å². The second-order valence-corrected chi connectivity index (χ2v) is 5.76. The normalized spacial score (nSPS) is 16.9. The molecule has 0 bridgehead atoms. The number of anilines is 1. The largest absolute Gasteiger partial charge is 0.384 e. The highest BCUT2D eigenvalue weighted by Gasteiger charge is 2.24. The number of hydrogen-bond acceptors (Lipinski definition) is 1. The molecule has 1 aliphatic rings. The molecule has 0 spiro atoms. The first-order valence-corrected chi connectivity index (χ1v) is 7.15. The van der Waals surface area contributed by atoms with E-state index in [1.165, 1.54) is 28.8 Å². The van der Waals surface area contributed by atoms with Crippen molar-refractivity contribution in [3.8, 4) is 0 Å². The lowest BCUT2D eigenvalue weighted by molar-refractivity contribution is 0.636. The molecular weight excluding hydrogens is 230 g/mol. The van der Waals surface area contributed by atoms with E-state index in [9.17, 15) is 0 Å². The molecule has 1 N–H and O–H groups in total. The summed E-state index contributed by atoms with van der Waals surface area (Å²) in [6.07, 6.45) is 1.22. The van der Waals surface area contributed by atoms with E-state index in [0.29, 0.717) is 11.8 Å². The van der Waals surface area contributed by atoms with Gasteiger partial charge in [-0.2, -0.15) is 0 Å². The first-order chi connectivity index (χ1) is 9.24. The van der Waals surface area contributed by atoms with Gasteiger partial charge in [0.15, 0.2) is 0 Å². The molecule has 0 aliphatic heterocycles. The first kappa shape index (κ1) is 12.3. The molecule has 2 aromatic carbocycles. The van der Waals surface area contributed by atoms with Crippen molar-refractivity contribution in [3.05, 3.63) is 65.2 Å². The van der Waals surface area contributed by atoms with Crippen LogP contribution in [0.5, 0.6) is 0 Å². The molecule has 1 aliphatic carbocycles. The summed E-state index contributed by atoms with van der Waals surface area (Å²) < 4.78 is 0. The molecule has 0 saturated carbocycles. The molecule has 0 fully saturated rings. The molecule has 1 heteroatoms. The standard InChI is InChI=1S/C18H21N/c1-13(2)14-7-9-17(10-8-14)19-12-16-11-15-5-3-4-6-18(15)16/h3-10,13,16,19H,11-12H2,1-2H3. The Bertz CT molecular complexity index is 554. The Kier molecular flexibility index (Phi) is 3.29. The van der Waals surface area contributed by atoms with Gasteiger partial charge in [-0.3, -0.25) is 0 Å². The van der Waals surface area contributed by atoms with Gasteiger partial charge in [-0.1, -0.05) is 50.2 Å². The van der Waals surface area contributed by atoms with Gasteiger partial charge in [0.1, 0.15) is 0 Å². The zero-order chi connectivity index (χ0) is 13.2. The minimum atomic E-state index is 0.604. The molecule has 2 aromatic rings. The minimum absolute atomic E-state index is 0.604. The smallest absolute Gasteiger partial charge is 0.0340 e. The Morgan fingerprint density at radius 1 is 1.05 bits per heavy atom. The summed E-state index contributed by atoms with van der Waals surface area (Å²) in [6, 6.07) is 17.6. The SMILES string of the molecule is CC(C)c1ccc(NCC2Cc3ccccc32)cc1. The predicted molar refractivity (Wildman–Crippen MR) is 81.9 cm³/mol. The second-order valence-electron chi connectivity index (χ2n) is 5.76. The summed E-state index contributed by atoms with van der Waals surface area (Å²) in [5.74, 6) is 1.29. The van der Waals surface area contributed by atoms with Gasteiger partial charge in [-0.25, -0.2) is 0 Å². The summed E-state index contributed by atoms with van der Waals surface area (Å²) in [6.45, 7) is 5.50. The maximum absolute atomic E-state index is 3.55. The molecule has 0 amide bonds. The van der Waals surface area contributed by atoms with Crippen molar-refractivity contribution in [3.63, 3.8) is 0 Å². The van der Waals surface area contributed by atoms with Crippen molar-refractivity contribution in [2.24, 2.45) is 0 Å². The predicted octanol–water partition coefficient (Wildman–Crippen LogP) is 4.56. The number of rotatable bonds is 4. The summed E-state index contributed by atoms with van der Waals surface area (Å²) >= 11 is 0. The topological polar surface area (TPSA) is 12.0 Å². The van der Waals surface area contributed by atoms with Crippen LogP contribution in [0.15, 0.2) is 48.5 Å². The molecule has 0 aromatic heterocycles. The van der Waals surface area contributed by atoms with Gasteiger partial charge in [0.25, 0.3) is 0 Å². The Hall–Kier alpha value is -1.76. The average Bonchev–Trinajstić information content (AvgIpc) is 2.40. The lowest BCUT2D eigenvalue weighted by atomic mass is 9.77. The van der Waals surface area contributed by atoms with Crippen LogP contribution in [-0.2, 0) is 6.42 Å². The van der Waals surface area contributed by atoms with Crippen LogP contribution < -0.4 is 5.32 Å². The maximum Gasteiger partial charge on any atom is 0.0340 e. The first-order valence-electron chi connectivity index (χ1n) is 7.15.